The maximum atomic E-state index is 13.5. The normalized spacial score (nSPS) is 9.89. The van der Waals surface area contributed by atoms with E-state index in [2.05, 4.69) is 16.8 Å². The minimum absolute atomic E-state index is 0.0106. The lowest BCUT2D eigenvalue weighted by Gasteiger charge is -2.03. The SMILES string of the molecule is OCCC#Cc1cc(Cn2ccnc2)ccc1F. The van der Waals surface area contributed by atoms with E-state index in [1.807, 2.05) is 10.8 Å². The Balaban J connectivity index is 2.19. The maximum Gasteiger partial charge on any atom is 0.138 e. The predicted molar refractivity (Wildman–Crippen MR) is 66.3 cm³/mol. The molecule has 18 heavy (non-hydrogen) atoms. The van der Waals surface area contributed by atoms with Gasteiger partial charge in [-0.3, -0.25) is 0 Å². The van der Waals surface area contributed by atoms with Gasteiger partial charge >= 0.3 is 0 Å². The van der Waals surface area contributed by atoms with E-state index in [-0.39, 0.29) is 12.4 Å². The molecule has 0 amide bonds. The van der Waals surface area contributed by atoms with Crippen molar-refractivity contribution in [1.29, 1.82) is 0 Å². The van der Waals surface area contributed by atoms with E-state index in [0.29, 0.717) is 18.5 Å². The van der Waals surface area contributed by atoms with Crippen molar-refractivity contribution in [2.45, 2.75) is 13.0 Å². The van der Waals surface area contributed by atoms with E-state index in [4.69, 9.17) is 5.11 Å². The van der Waals surface area contributed by atoms with Gasteiger partial charge in [-0.25, -0.2) is 9.37 Å². The Morgan fingerprint density at radius 2 is 2.28 bits per heavy atom. The van der Waals surface area contributed by atoms with E-state index >= 15 is 0 Å². The summed E-state index contributed by atoms with van der Waals surface area (Å²) in [5.74, 6) is 5.10. The Morgan fingerprint density at radius 3 is 3.00 bits per heavy atom. The number of benzene rings is 1. The van der Waals surface area contributed by atoms with Crippen molar-refractivity contribution >= 4 is 0 Å². The molecule has 2 aromatic rings. The van der Waals surface area contributed by atoms with Gasteiger partial charge in [-0.1, -0.05) is 17.9 Å². The topological polar surface area (TPSA) is 38.0 Å². The Morgan fingerprint density at radius 1 is 1.39 bits per heavy atom. The molecule has 1 aromatic carbocycles. The van der Waals surface area contributed by atoms with Gasteiger partial charge in [0.2, 0.25) is 0 Å². The number of hydrogen-bond acceptors (Lipinski definition) is 2. The molecular formula is C14H13FN2O. The zero-order chi connectivity index (χ0) is 12.8. The minimum atomic E-state index is -0.338. The van der Waals surface area contributed by atoms with Crippen LogP contribution in [-0.2, 0) is 6.54 Å². The molecule has 1 N–H and O–H groups in total. The van der Waals surface area contributed by atoms with Crippen molar-refractivity contribution in [3.8, 4) is 11.8 Å². The van der Waals surface area contributed by atoms with Crippen LogP contribution in [0.15, 0.2) is 36.9 Å². The highest BCUT2D eigenvalue weighted by Gasteiger charge is 2.01. The summed E-state index contributed by atoms with van der Waals surface area (Å²) in [4.78, 5) is 3.95. The number of aliphatic hydroxyl groups excluding tert-OH is 1. The highest BCUT2D eigenvalue weighted by atomic mass is 19.1. The van der Waals surface area contributed by atoms with Crippen LogP contribution in [0.3, 0.4) is 0 Å². The molecule has 0 radical (unpaired) electrons. The van der Waals surface area contributed by atoms with E-state index in [1.165, 1.54) is 6.07 Å². The first-order valence-electron chi connectivity index (χ1n) is 5.63. The van der Waals surface area contributed by atoms with Crippen molar-refractivity contribution in [3.63, 3.8) is 0 Å². The van der Waals surface area contributed by atoms with Gasteiger partial charge in [0.1, 0.15) is 5.82 Å². The van der Waals surface area contributed by atoms with Crippen LogP contribution in [0.1, 0.15) is 17.5 Å². The molecule has 0 saturated carbocycles. The third kappa shape index (κ3) is 3.19. The van der Waals surface area contributed by atoms with Gasteiger partial charge in [-0.05, 0) is 17.7 Å². The molecule has 0 atom stereocenters. The monoisotopic (exact) mass is 244 g/mol. The summed E-state index contributed by atoms with van der Waals surface area (Å²) in [5, 5.41) is 8.63. The lowest BCUT2D eigenvalue weighted by atomic mass is 10.1. The number of aliphatic hydroxyl groups is 1. The van der Waals surface area contributed by atoms with Crippen molar-refractivity contribution in [3.05, 3.63) is 53.9 Å². The van der Waals surface area contributed by atoms with E-state index in [9.17, 15) is 4.39 Å². The molecule has 3 nitrogen and oxygen atoms in total. The van der Waals surface area contributed by atoms with Crippen LogP contribution in [0.25, 0.3) is 0 Å². The standard InChI is InChI=1S/C14H13FN2O/c15-14-5-4-12(10-17-7-6-16-11-17)9-13(14)3-1-2-8-18/h4-7,9,11,18H,2,8,10H2. The summed E-state index contributed by atoms with van der Waals surface area (Å²) in [7, 11) is 0. The third-order valence-corrected chi connectivity index (χ3v) is 2.41. The highest BCUT2D eigenvalue weighted by molar-refractivity contribution is 5.38. The van der Waals surface area contributed by atoms with Gasteiger partial charge < -0.3 is 9.67 Å². The van der Waals surface area contributed by atoms with Gasteiger partial charge in [-0.15, -0.1) is 0 Å². The quantitative estimate of drug-likeness (QED) is 0.836. The number of imidazole rings is 1. The van der Waals surface area contributed by atoms with Crippen LogP contribution < -0.4 is 0 Å². The molecule has 92 valence electrons. The van der Waals surface area contributed by atoms with Crippen LogP contribution in [-0.4, -0.2) is 21.3 Å². The zero-order valence-electron chi connectivity index (χ0n) is 9.81. The molecule has 4 heteroatoms. The van der Waals surface area contributed by atoms with E-state index in [0.717, 1.165) is 5.56 Å². The molecule has 0 spiro atoms. The molecule has 0 aliphatic carbocycles. The molecule has 2 rings (SSSR count). The predicted octanol–water partition coefficient (Wildman–Crippen LogP) is 1.80. The summed E-state index contributed by atoms with van der Waals surface area (Å²) < 4.78 is 15.4. The Bertz CT molecular complexity index is 567. The molecule has 0 aliphatic heterocycles. The van der Waals surface area contributed by atoms with Crippen molar-refractivity contribution in [2.75, 3.05) is 6.61 Å². The second-order valence-electron chi connectivity index (χ2n) is 3.82. The van der Waals surface area contributed by atoms with Gasteiger partial charge in [0.15, 0.2) is 0 Å². The first-order valence-corrected chi connectivity index (χ1v) is 5.63. The molecule has 0 bridgehead atoms. The second kappa shape index (κ2) is 5.99. The Labute approximate surface area is 105 Å². The smallest absolute Gasteiger partial charge is 0.138 e. The van der Waals surface area contributed by atoms with Crippen LogP contribution in [0.4, 0.5) is 4.39 Å². The van der Waals surface area contributed by atoms with Crippen LogP contribution in [0.5, 0.6) is 0 Å². The summed E-state index contributed by atoms with van der Waals surface area (Å²) >= 11 is 0. The Hall–Kier alpha value is -2.12. The van der Waals surface area contributed by atoms with Gasteiger partial charge in [0.25, 0.3) is 0 Å². The first kappa shape index (κ1) is 12.3. The van der Waals surface area contributed by atoms with Crippen molar-refractivity contribution < 1.29 is 9.50 Å². The summed E-state index contributed by atoms with van der Waals surface area (Å²) in [5.41, 5.74) is 1.32. The summed E-state index contributed by atoms with van der Waals surface area (Å²) in [6.07, 6.45) is 5.61. The summed E-state index contributed by atoms with van der Waals surface area (Å²) in [6.45, 7) is 0.623. The molecule has 0 fully saturated rings. The van der Waals surface area contributed by atoms with Crippen LogP contribution in [0, 0.1) is 17.7 Å². The molecule has 0 saturated heterocycles. The number of rotatable bonds is 3. The second-order valence-corrected chi connectivity index (χ2v) is 3.82. The highest BCUT2D eigenvalue weighted by Crippen LogP contribution is 2.11. The fraction of sp³-hybridized carbons (Fsp3) is 0.214. The number of nitrogens with zero attached hydrogens (tertiary/aromatic N) is 2. The lowest BCUT2D eigenvalue weighted by molar-refractivity contribution is 0.305. The van der Waals surface area contributed by atoms with Gasteiger partial charge in [0.05, 0.1) is 18.5 Å². The largest absolute Gasteiger partial charge is 0.395 e. The number of aromatic nitrogens is 2. The summed E-state index contributed by atoms with van der Waals surface area (Å²) in [6, 6.07) is 4.86. The minimum Gasteiger partial charge on any atom is -0.395 e. The number of hydrogen-bond donors (Lipinski definition) is 1. The van der Waals surface area contributed by atoms with E-state index in [1.54, 1.807) is 24.7 Å². The van der Waals surface area contributed by atoms with Crippen LogP contribution >= 0.6 is 0 Å². The average Bonchev–Trinajstić information content (AvgIpc) is 2.86. The molecule has 1 aromatic heterocycles. The van der Waals surface area contributed by atoms with Gasteiger partial charge in [-0.2, -0.15) is 0 Å². The lowest BCUT2D eigenvalue weighted by Crippen LogP contribution is -1.97. The Kier molecular flexibility index (Phi) is 4.11. The molecule has 0 aliphatic rings. The van der Waals surface area contributed by atoms with Gasteiger partial charge in [0, 0.05) is 25.4 Å². The molecule has 1 heterocycles. The van der Waals surface area contributed by atoms with E-state index < -0.39 is 0 Å². The fourth-order valence-corrected chi connectivity index (χ4v) is 1.57. The van der Waals surface area contributed by atoms with Crippen LogP contribution in [0.2, 0.25) is 0 Å². The van der Waals surface area contributed by atoms with Crippen molar-refractivity contribution in [1.82, 2.24) is 9.55 Å². The molecule has 0 unspecified atom stereocenters. The zero-order valence-corrected chi connectivity index (χ0v) is 9.81. The number of halogens is 1. The third-order valence-electron chi connectivity index (χ3n) is 2.41. The van der Waals surface area contributed by atoms with Crippen molar-refractivity contribution in [2.24, 2.45) is 0 Å². The average molecular weight is 244 g/mol. The first-order chi connectivity index (χ1) is 8.79. The fourth-order valence-electron chi connectivity index (χ4n) is 1.57. The molecular weight excluding hydrogens is 231 g/mol. The maximum absolute atomic E-state index is 13.5.